The summed E-state index contributed by atoms with van der Waals surface area (Å²) in [4.78, 5) is 38.4. The summed E-state index contributed by atoms with van der Waals surface area (Å²) in [5.41, 5.74) is 0.877. The fourth-order valence-electron chi connectivity index (χ4n) is 3.51. The lowest BCUT2D eigenvalue weighted by atomic mass is 9.90. The van der Waals surface area contributed by atoms with Crippen LogP contribution in [0.3, 0.4) is 0 Å². The number of urea groups is 1. The molecule has 0 aromatic heterocycles. The lowest BCUT2D eigenvalue weighted by Crippen LogP contribution is -2.47. The maximum absolute atomic E-state index is 12.8. The van der Waals surface area contributed by atoms with Gasteiger partial charge in [0.25, 0.3) is 5.91 Å². The van der Waals surface area contributed by atoms with Crippen LogP contribution in [0.15, 0.2) is 22.7 Å². The Morgan fingerprint density at radius 2 is 1.92 bits per heavy atom. The molecule has 1 aliphatic heterocycles. The maximum atomic E-state index is 12.8. The average Bonchev–Trinajstić information content (AvgIpc) is 2.74. The first kappa shape index (κ1) is 17.9. The molecule has 2 aliphatic rings. The Bertz CT molecular complexity index is 712. The molecule has 3 rings (SSSR count). The predicted octanol–water partition coefficient (Wildman–Crippen LogP) is 3.34. The summed E-state index contributed by atoms with van der Waals surface area (Å²) in [5, 5.41) is 5.58. The highest BCUT2D eigenvalue weighted by molar-refractivity contribution is 9.10. The second-order valence-corrected chi connectivity index (χ2v) is 7.68. The minimum atomic E-state index is -0.805. The van der Waals surface area contributed by atoms with Gasteiger partial charge in [0.05, 0.1) is 0 Å². The van der Waals surface area contributed by atoms with Crippen LogP contribution >= 0.6 is 15.9 Å². The topological polar surface area (TPSA) is 78.5 Å². The molecular weight excluding hydrogens is 386 g/mol. The number of benzene rings is 1. The van der Waals surface area contributed by atoms with Crippen LogP contribution in [0.1, 0.15) is 44.1 Å². The largest absolute Gasteiger partial charge is 0.325 e. The van der Waals surface area contributed by atoms with E-state index < -0.39 is 11.6 Å². The van der Waals surface area contributed by atoms with Gasteiger partial charge in [0, 0.05) is 10.2 Å². The van der Waals surface area contributed by atoms with E-state index in [1.165, 1.54) is 0 Å². The van der Waals surface area contributed by atoms with E-state index in [2.05, 4.69) is 26.6 Å². The molecule has 1 aromatic carbocycles. The number of carbonyl (C=O) groups excluding carboxylic acids is 3. The minimum absolute atomic E-state index is 0.264. The van der Waals surface area contributed by atoms with E-state index in [-0.39, 0.29) is 18.4 Å². The third-order valence-electron chi connectivity index (χ3n) is 4.96. The molecule has 4 amide bonds. The van der Waals surface area contributed by atoms with Crippen molar-refractivity contribution in [2.45, 2.75) is 51.0 Å². The van der Waals surface area contributed by atoms with Crippen molar-refractivity contribution in [3.8, 4) is 0 Å². The maximum Gasteiger partial charge on any atom is 0.325 e. The summed E-state index contributed by atoms with van der Waals surface area (Å²) in [6.45, 7) is 1.69. The van der Waals surface area contributed by atoms with Gasteiger partial charge in [-0.25, -0.2) is 4.79 Å². The molecule has 2 N–H and O–H groups in total. The highest BCUT2D eigenvalue weighted by atomic mass is 79.9. The second kappa shape index (κ2) is 7.15. The van der Waals surface area contributed by atoms with Crippen LogP contribution in [0.4, 0.5) is 10.5 Å². The van der Waals surface area contributed by atoms with Crippen molar-refractivity contribution in [2.24, 2.45) is 0 Å². The minimum Gasteiger partial charge on any atom is -0.324 e. The SMILES string of the molecule is Cc1ccc(NC(=O)CN2C(=O)NC3(CCCCCC3)C2=O)cc1Br. The molecule has 0 unspecified atom stereocenters. The zero-order valence-corrected chi connectivity index (χ0v) is 15.8. The lowest BCUT2D eigenvalue weighted by molar-refractivity contribution is -0.134. The number of amides is 4. The van der Waals surface area contributed by atoms with E-state index in [1.54, 1.807) is 12.1 Å². The number of hydrogen-bond donors (Lipinski definition) is 2. The van der Waals surface area contributed by atoms with E-state index in [4.69, 9.17) is 0 Å². The van der Waals surface area contributed by atoms with Crippen LogP contribution in [0.25, 0.3) is 0 Å². The summed E-state index contributed by atoms with van der Waals surface area (Å²) < 4.78 is 0.887. The highest BCUT2D eigenvalue weighted by Gasteiger charge is 2.51. The molecule has 0 atom stereocenters. The Balaban J connectivity index is 1.67. The standard InChI is InChI=1S/C18H22BrN3O3/c1-12-6-7-13(10-14(12)19)20-15(23)11-22-16(24)18(21-17(22)25)8-4-2-3-5-9-18/h6-7,10H,2-5,8-9,11H2,1H3,(H,20,23)(H,21,25). The molecule has 1 aromatic rings. The van der Waals surface area contributed by atoms with E-state index in [1.807, 2.05) is 13.0 Å². The number of carbonyl (C=O) groups is 3. The molecule has 1 heterocycles. The van der Waals surface area contributed by atoms with Crippen molar-refractivity contribution >= 4 is 39.5 Å². The van der Waals surface area contributed by atoms with E-state index in [9.17, 15) is 14.4 Å². The van der Waals surface area contributed by atoms with Crippen molar-refractivity contribution in [1.82, 2.24) is 10.2 Å². The van der Waals surface area contributed by atoms with Gasteiger partial charge >= 0.3 is 6.03 Å². The zero-order valence-electron chi connectivity index (χ0n) is 14.2. The summed E-state index contributed by atoms with van der Waals surface area (Å²) in [6, 6.07) is 5.00. The molecule has 6 nitrogen and oxygen atoms in total. The first-order valence-corrected chi connectivity index (χ1v) is 9.41. The fourth-order valence-corrected chi connectivity index (χ4v) is 3.88. The van der Waals surface area contributed by atoms with Gasteiger partial charge in [0.1, 0.15) is 12.1 Å². The van der Waals surface area contributed by atoms with Crippen LogP contribution in [0.5, 0.6) is 0 Å². The molecule has 134 valence electrons. The molecule has 1 saturated heterocycles. The Kier molecular flexibility index (Phi) is 5.13. The van der Waals surface area contributed by atoms with Crippen LogP contribution < -0.4 is 10.6 Å². The summed E-state index contributed by atoms with van der Waals surface area (Å²) in [6.07, 6.45) is 5.30. The number of aryl methyl sites for hydroxylation is 1. The Morgan fingerprint density at radius 1 is 1.24 bits per heavy atom. The van der Waals surface area contributed by atoms with E-state index >= 15 is 0 Å². The molecule has 2 fully saturated rings. The Hall–Kier alpha value is -1.89. The second-order valence-electron chi connectivity index (χ2n) is 6.83. The van der Waals surface area contributed by atoms with Crippen molar-refractivity contribution in [2.75, 3.05) is 11.9 Å². The normalized spacial score (nSPS) is 19.7. The summed E-state index contributed by atoms with van der Waals surface area (Å²) in [7, 11) is 0. The summed E-state index contributed by atoms with van der Waals surface area (Å²) >= 11 is 3.42. The number of imide groups is 1. The number of nitrogens with zero attached hydrogens (tertiary/aromatic N) is 1. The number of anilines is 1. The smallest absolute Gasteiger partial charge is 0.324 e. The van der Waals surface area contributed by atoms with Gasteiger partial charge in [0.2, 0.25) is 5.91 Å². The molecule has 0 bridgehead atoms. The third kappa shape index (κ3) is 3.71. The quantitative estimate of drug-likeness (QED) is 0.754. The van der Waals surface area contributed by atoms with Gasteiger partial charge in [-0.15, -0.1) is 0 Å². The van der Waals surface area contributed by atoms with Crippen LogP contribution in [-0.2, 0) is 9.59 Å². The predicted molar refractivity (Wildman–Crippen MR) is 98.2 cm³/mol. The molecule has 25 heavy (non-hydrogen) atoms. The van der Waals surface area contributed by atoms with Gasteiger partial charge in [0.15, 0.2) is 0 Å². The Labute approximate surface area is 155 Å². The molecule has 1 aliphatic carbocycles. The van der Waals surface area contributed by atoms with Crippen LogP contribution in [0, 0.1) is 6.92 Å². The molecule has 0 radical (unpaired) electrons. The van der Waals surface area contributed by atoms with Crippen LogP contribution in [0.2, 0.25) is 0 Å². The third-order valence-corrected chi connectivity index (χ3v) is 5.81. The van der Waals surface area contributed by atoms with Crippen molar-refractivity contribution in [3.63, 3.8) is 0 Å². The Morgan fingerprint density at radius 3 is 2.56 bits per heavy atom. The monoisotopic (exact) mass is 407 g/mol. The van der Waals surface area contributed by atoms with Gasteiger partial charge in [-0.1, -0.05) is 47.7 Å². The zero-order chi connectivity index (χ0) is 18.0. The highest BCUT2D eigenvalue weighted by Crippen LogP contribution is 2.32. The van der Waals surface area contributed by atoms with Crippen molar-refractivity contribution in [3.05, 3.63) is 28.2 Å². The van der Waals surface area contributed by atoms with Crippen molar-refractivity contribution < 1.29 is 14.4 Å². The number of hydrogen-bond acceptors (Lipinski definition) is 3. The molecular formula is C18H22BrN3O3. The number of nitrogens with one attached hydrogen (secondary N) is 2. The van der Waals surface area contributed by atoms with Gasteiger partial charge in [-0.05, 0) is 37.5 Å². The number of halogens is 1. The fraction of sp³-hybridized carbons (Fsp3) is 0.500. The van der Waals surface area contributed by atoms with Crippen LogP contribution in [-0.4, -0.2) is 34.8 Å². The number of rotatable bonds is 3. The van der Waals surface area contributed by atoms with E-state index in [0.717, 1.165) is 40.6 Å². The molecule has 1 saturated carbocycles. The van der Waals surface area contributed by atoms with Gasteiger partial charge < -0.3 is 10.6 Å². The van der Waals surface area contributed by atoms with Gasteiger partial charge in [-0.2, -0.15) is 0 Å². The van der Waals surface area contributed by atoms with E-state index in [0.29, 0.717) is 18.5 Å². The van der Waals surface area contributed by atoms with Gasteiger partial charge in [-0.3, -0.25) is 14.5 Å². The summed E-state index contributed by atoms with van der Waals surface area (Å²) in [5.74, 6) is -0.649. The lowest BCUT2D eigenvalue weighted by Gasteiger charge is -2.24. The average molecular weight is 408 g/mol. The molecule has 1 spiro atoms. The molecule has 7 heteroatoms. The van der Waals surface area contributed by atoms with Crippen molar-refractivity contribution in [1.29, 1.82) is 0 Å². The first-order valence-electron chi connectivity index (χ1n) is 8.61. The first-order chi connectivity index (χ1) is 11.9.